The molecule has 1 aromatic carbocycles. The topological polar surface area (TPSA) is 86.2 Å². The van der Waals surface area contributed by atoms with Gasteiger partial charge in [0.1, 0.15) is 11.3 Å². The molecule has 0 aliphatic heterocycles. The molecule has 5 nitrogen and oxygen atoms in total. The molecule has 0 saturated carbocycles. The third kappa shape index (κ3) is 2.26. The maximum atomic E-state index is 10.7. The van der Waals surface area contributed by atoms with E-state index in [9.17, 15) is 14.9 Å². The van der Waals surface area contributed by atoms with Crippen molar-refractivity contribution in [1.29, 1.82) is 0 Å². The van der Waals surface area contributed by atoms with Crippen molar-refractivity contribution in [2.75, 3.05) is 5.73 Å². The molecule has 0 saturated heterocycles. The molecule has 0 atom stereocenters. The SMILES string of the molecule is Nc1ccccc1CC(=O)[N+](=O)[O-]. The van der Waals surface area contributed by atoms with Crippen molar-refractivity contribution in [3.63, 3.8) is 0 Å². The molecule has 5 heteroatoms. The first kappa shape index (κ1) is 9.18. The van der Waals surface area contributed by atoms with Gasteiger partial charge >= 0.3 is 5.91 Å². The molecular formula is C8H8N2O3. The summed E-state index contributed by atoms with van der Waals surface area (Å²) in [5.74, 6) is -1.04. The van der Waals surface area contributed by atoms with E-state index in [1.807, 2.05) is 0 Å². The van der Waals surface area contributed by atoms with Gasteiger partial charge in [0.25, 0.3) is 0 Å². The lowest BCUT2D eigenvalue weighted by Gasteiger charge is -1.99. The van der Waals surface area contributed by atoms with Crippen LogP contribution >= 0.6 is 0 Å². The molecule has 1 rings (SSSR count). The van der Waals surface area contributed by atoms with Gasteiger partial charge in [-0.05, 0) is 11.6 Å². The van der Waals surface area contributed by atoms with Crippen LogP contribution in [0.15, 0.2) is 24.3 Å². The minimum absolute atomic E-state index is 0.250. The summed E-state index contributed by atoms with van der Waals surface area (Å²) in [6.07, 6.45) is -0.250. The highest BCUT2D eigenvalue weighted by Gasteiger charge is 2.16. The number of rotatable bonds is 2. The second-order valence-corrected chi connectivity index (χ2v) is 2.53. The first-order valence-electron chi connectivity index (χ1n) is 3.62. The molecule has 13 heavy (non-hydrogen) atoms. The van der Waals surface area contributed by atoms with Gasteiger partial charge < -0.3 is 5.73 Å². The smallest absolute Gasteiger partial charge is 0.398 e. The molecule has 0 radical (unpaired) electrons. The number of nitrogens with zero attached hydrogens (tertiary/aromatic N) is 1. The summed E-state index contributed by atoms with van der Waals surface area (Å²) in [4.78, 5) is 19.8. The molecule has 1 aromatic rings. The zero-order chi connectivity index (χ0) is 9.84. The van der Waals surface area contributed by atoms with Crippen LogP contribution in [-0.4, -0.2) is 10.8 Å². The van der Waals surface area contributed by atoms with Crippen LogP contribution < -0.4 is 5.73 Å². The number of nitrogen functional groups attached to an aromatic ring is 1. The Kier molecular flexibility index (Phi) is 2.59. The van der Waals surface area contributed by atoms with Crippen LogP contribution in [0.3, 0.4) is 0 Å². The Labute approximate surface area is 74.3 Å². The molecular weight excluding hydrogens is 172 g/mol. The first-order valence-corrected chi connectivity index (χ1v) is 3.62. The fraction of sp³-hybridized carbons (Fsp3) is 0.125. The van der Waals surface area contributed by atoms with Crippen molar-refractivity contribution >= 4 is 11.6 Å². The van der Waals surface area contributed by atoms with Crippen molar-refractivity contribution in [2.24, 2.45) is 0 Å². The Morgan fingerprint density at radius 3 is 2.62 bits per heavy atom. The molecule has 0 aliphatic rings. The van der Waals surface area contributed by atoms with E-state index in [2.05, 4.69) is 0 Å². The molecule has 0 fully saturated rings. The average molecular weight is 180 g/mol. The lowest BCUT2D eigenvalue weighted by molar-refractivity contribution is -0.401. The van der Waals surface area contributed by atoms with Crippen molar-refractivity contribution in [3.05, 3.63) is 39.9 Å². The lowest BCUT2D eigenvalue weighted by Crippen LogP contribution is -2.14. The summed E-state index contributed by atoms with van der Waals surface area (Å²) in [5.41, 5.74) is 6.38. The van der Waals surface area contributed by atoms with Crippen LogP contribution in [0.2, 0.25) is 0 Å². The minimum atomic E-state index is -1.04. The molecule has 0 aromatic heterocycles. The number of anilines is 1. The average Bonchev–Trinajstić information content (AvgIpc) is 2.08. The van der Waals surface area contributed by atoms with Gasteiger partial charge in [0, 0.05) is 5.69 Å². The highest BCUT2D eigenvalue weighted by Crippen LogP contribution is 2.11. The van der Waals surface area contributed by atoms with Gasteiger partial charge in [-0.3, -0.25) is 10.1 Å². The molecule has 0 spiro atoms. The normalized spacial score (nSPS) is 9.54. The predicted octanol–water partition coefficient (Wildman–Crippen LogP) is 0.615. The monoisotopic (exact) mass is 180 g/mol. The highest BCUT2D eigenvalue weighted by atomic mass is 16.6. The van der Waals surface area contributed by atoms with Gasteiger partial charge in [0.05, 0.1) is 0 Å². The van der Waals surface area contributed by atoms with Crippen molar-refractivity contribution < 1.29 is 9.72 Å². The van der Waals surface area contributed by atoms with E-state index in [4.69, 9.17) is 5.73 Å². The summed E-state index contributed by atoms with van der Waals surface area (Å²) in [6, 6.07) is 6.58. The van der Waals surface area contributed by atoms with Crippen LogP contribution in [0.4, 0.5) is 5.69 Å². The Balaban J connectivity index is 2.81. The Morgan fingerprint density at radius 2 is 2.08 bits per heavy atom. The van der Waals surface area contributed by atoms with Crippen LogP contribution in [0.1, 0.15) is 5.56 Å². The van der Waals surface area contributed by atoms with Gasteiger partial charge in [0.15, 0.2) is 0 Å². The number of carbonyl (C=O) groups excluding carboxylic acids is 1. The van der Waals surface area contributed by atoms with Crippen LogP contribution in [-0.2, 0) is 11.2 Å². The lowest BCUT2D eigenvalue weighted by atomic mass is 10.1. The summed E-state index contributed by atoms with van der Waals surface area (Å²) >= 11 is 0. The van der Waals surface area contributed by atoms with Crippen LogP contribution in [0.25, 0.3) is 0 Å². The van der Waals surface area contributed by atoms with E-state index in [0.717, 1.165) is 0 Å². The maximum Gasteiger partial charge on any atom is 0.449 e. The molecule has 0 aliphatic carbocycles. The summed E-state index contributed by atoms with van der Waals surface area (Å²) in [7, 11) is 0. The van der Waals surface area contributed by atoms with Gasteiger partial charge in [-0.15, -0.1) is 0 Å². The number of hydrogen-bond acceptors (Lipinski definition) is 4. The van der Waals surface area contributed by atoms with E-state index in [0.29, 0.717) is 11.3 Å². The Morgan fingerprint density at radius 1 is 1.46 bits per heavy atom. The zero-order valence-electron chi connectivity index (χ0n) is 6.77. The Hall–Kier alpha value is -1.91. The fourth-order valence-electron chi connectivity index (χ4n) is 0.923. The van der Waals surface area contributed by atoms with Gasteiger partial charge in [-0.25, -0.2) is 4.79 Å². The van der Waals surface area contributed by atoms with E-state index in [1.165, 1.54) is 0 Å². The number of amides is 1. The molecule has 1 amide bonds. The van der Waals surface area contributed by atoms with E-state index in [-0.39, 0.29) is 6.42 Å². The maximum absolute atomic E-state index is 10.7. The highest BCUT2D eigenvalue weighted by molar-refractivity contribution is 5.72. The number of nitrogens with two attached hydrogens (primary N) is 1. The van der Waals surface area contributed by atoms with Crippen molar-refractivity contribution in [1.82, 2.24) is 0 Å². The molecule has 0 unspecified atom stereocenters. The van der Waals surface area contributed by atoms with Crippen molar-refractivity contribution in [3.8, 4) is 0 Å². The van der Waals surface area contributed by atoms with E-state index >= 15 is 0 Å². The molecule has 68 valence electrons. The quantitative estimate of drug-likeness (QED) is 0.410. The molecule has 2 N–H and O–H groups in total. The summed E-state index contributed by atoms with van der Waals surface area (Å²) < 4.78 is 0. The predicted molar refractivity (Wildman–Crippen MR) is 46.6 cm³/mol. The van der Waals surface area contributed by atoms with Crippen LogP contribution in [0.5, 0.6) is 0 Å². The standard InChI is InChI=1S/C8H8N2O3/c9-7-4-2-1-3-6(7)5-8(11)10(12)13/h1-4H,5,9H2. The van der Waals surface area contributed by atoms with Crippen LogP contribution in [0, 0.1) is 10.1 Å². The van der Waals surface area contributed by atoms with Gasteiger partial charge in [0.2, 0.25) is 0 Å². The molecule has 0 bridgehead atoms. The molecule has 0 heterocycles. The Bertz CT molecular complexity index is 349. The van der Waals surface area contributed by atoms with Gasteiger partial charge in [-0.2, -0.15) is 0 Å². The van der Waals surface area contributed by atoms with E-state index in [1.54, 1.807) is 24.3 Å². The van der Waals surface area contributed by atoms with Crippen molar-refractivity contribution in [2.45, 2.75) is 6.42 Å². The summed E-state index contributed by atoms with van der Waals surface area (Å²) in [5, 5.41) is 10.0. The second kappa shape index (κ2) is 3.66. The minimum Gasteiger partial charge on any atom is -0.398 e. The number of benzene rings is 1. The largest absolute Gasteiger partial charge is 0.449 e. The number of nitro groups is 1. The number of hydrogen-bond donors (Lipinski definition) is 1. The number of carbonyl (C=O) groups is 1. The van der Waals surface area contributed by atoms with Gasteiger partial charge in [-0.1, -0.05) is 18.2 Å². The third-order valence-corrected chi connectivity index (χ3v) is 1.60. The number of para-hydroxylation sites is 1. The van der Waals surface area contributed by atoms with E-state index < -0.39 is 10.8 Å². The first-order chi connectivity index (χ1) is 6.11. The second-order valence-electron chi connectivity index (χ2n) is 2.53. The fourth-order valence-corrected chi connectivity index (χ4v) is 0.923. The third-order valence-electron chi connectivity index (χ3n) is 1.60. The zero-order valence-corrected chi connectivity index (χ0v) is 6.77. The summed E-state index contributed by atoms with van der Waals surface area (Å²) in [6.45, 7) is 0.